The lowest BCUT2D eigenvalue weighted by Crippen LogP contribution is -2.50. The average Bonchev–Trinajstić information content (AvgIpc) is 2.04. The summed E-state index contributed by atoms with van der Waals surface area (Å²) in [6.45, 7) is 1.23. The summed E-state index contributed by atoms with van der Waals surface area (Å²) in [5.74, 6) is 1.14. The standard InChI is InChI=1S/C9H14N2/c1-11-6-7-2-3-9(11)8(4-7)5-10/h7-9H,2-4,6H2,1H3. The van der Waals surface area contributed by atoms with Crippen LogP contribution in [0.5, 0.6) is 0 Å². The predicted octanol–water partition coefficient (Wildman–Crippen LogP) is 1.24. The molecule has 3 rings (SSSR count). The molecule has 2 nitrogen and oxygen atoms in total. The summed E-state index contributed by atoms with van der Waals surface area (Å²) in [5, 5.41) is 8.85. The molecule has 0 amide bonds. The lowest BCUT2D eigenvalue weighted by molar-refractivity contribution is 0.0425. The molecule has 0 aromatic rings. The molecule has 11 heavy (non-hydrogen) atoms. The molecule has 0 N–H and O–H groups in total. The van der Waals surface area contributed by atoms with E-state index in [1.165, 1.54) is 19.4 Å². The molecular weight excluding hydrogens is 136 g/mol. The maximum absolute atomic E-state index is 8.85. The molecule has 1 saturated carbocycles. The smallest absolute Gasteiger partial charge is 0.0672 e. The summed E-state index contributed by atoms with van der Waals surface area (Å²) in [6.07, 6.45) is 3.76. The molecule has 0 spiro atoms. The van der Waals surface area contributed by atoms with Crippen LogP contribution < -0.4 is 0 Å². The first-order chi connectivity index (χ1) is 5.31. The number of fused-ring (bicyclic) bond motifs is 3. The highest BCUT2D eigenvalue weighted by atomic mass is 15.2. The summed E-state index contributed by atoms with van der Waals surface area (Å²) in [5.41, 5.74) is 0. The van der Waals surface area contributed by atoms with Gasteiger partial charge in [-0.15, -0.1) is 0 Å². The second kappa shape index (κ2) is 2.49. The van der Waals surface area contributed by atoms with E-state index in [0.717, 1.165) is 12.3 Å². The maximum Gasteiger partial charge on any atom is 0.0672 e. The van der Waals surface area contributed by atoms with E-state index < -0.39 is 0 Å². The van der Waals surface area contributed by atoms with Crippen molar-refractivity contribution in [3.8, 4) is 6.07 Å². The third-order valence-electron chi connectivity index (χ3n) is 3.20. The number of nitrogens with zero attached hydrogens (tertiary/aromatic N) is 2. The van der Waals surface area contributed by atoms with Crippen LogP contribution in [-0.4, -0.2) is 24.5 Å². The Hall–Kier alpha value is -0.550. The van der Waals surface area contributed by atoms with Crippen molar-refractivity contribution in [3.05, 3.63) is 0 Å². The van der Waals surface area contributed by atoms with Crippen molar-refractivity contribution in [2.24, 2.45) is 11.8 Å². The van der Waals surface area contributed by atoms with Gasteiger partial charge in [-0.25, -0.2) is 0 Å². The number of nitriles is 1. The second-order valence-electron chi connectivity index (χ2n) is 3.92. The lowest BCUT2D eigenvalue weighted by atomic mass is 9.74. The fraction of sp³-hybridized carbons (Fsp3) is 0.889. The second-order valence-corrected chi connectivity index (χ2v) is 3.92. The number of hydrogen-bond donors (Lipinski definition) is 0. The van der Waals surface area contributed by atoms with Crippen LogP contribution in [0.3, 0.4) is 0 Å². The van der Waals surface area contributed by atoms with Gasteiger partial charge in [0.25, 0.3) is 0 Å². The van der Waals surface area contributed by atoms with Gasteiger partial charge in [-0.05, 0) is 32.2 Å². The van der Waals surface area contributed by atoms with E-state index in [4.69, 9.17) is 5.26 Å². The van der Waals surface area contributed by atoms with E-state index in [9.17, 15) is 0 Å². The minimum Gasteiger partial charge on any atom is -0.302 e. The van der Waals surface area contributed by atoms with Crippen molar-refractivity contribution in [1.29, 1.82) is 5.26 Å². The molecule has 2 heterocycles. The van der Waals surface area contributed by atoms with Gasteiger partial charge in [0, 0.05) is 12.6 Å². The highest BCUT2D eigenvalue weighted by Crippen LogP contribution is 2.37. The molecule has 3 fully saturated rings. The molecule has 0 aromatic heterocycles. The minimum atomic E-state index is 0.326. The van der Waals surface area contributed by atoms with Crippen LogP contribution in [0.1, 0.15) is 19.3 Å². The fourth-order valence-electron chi connectivity index (χ4n) is 2.62. The van der Waals surface area contributed by atoms with Crippen LogP contribution in [-0.2, 0) is 0 Å². The highest BCUT2D eigenvalue weighted by Gasteiger charge is 2.38. The SMILES string of the molecule is CN1CC2CCC1C(C#N)C2. The van der Waals surface area contributed by atoms with E-state index in [-0.39, 0.29) is 0 Å². The molecule has 3 unspecified atom stereocenters. The van der Waals surface area contributed by atoms with Crippen molar-refractivity contribution in [2.45, 2.75) is 25.3 Å². The molecule has 1 aliphatic carbocycles. The Bertz CT molecular complexity index is 194. The first kappa shape index (κ1) is 7.12. The Labute approximate surface area is 67.8 Å². The topological polar surface area (TPSA) is 27.0 Å². The van der Waals surface area contributed by atoms with Crippen LogP contribution in [0.25, 0.3) is 0 Å². The van der Waals surface area contributed by atoms with Crippen molar-refractivity contribution in [3.63, 3.8) is 0 Å². The summed E-state index contributed by atoms with van der Waals surface area (Å²) < 4.78 is 0. The van der Waals surface area contributed by atoms with Gasteiger partial charge in [0.2, 0.25) is 0 Å². The third kappa shape index (κ3) is 1.04. The average molecular weight is 150 g/mol. The van der Waals surface area contributed by atoms with Gasteiger partial charge in [-0.3, -0.25) is 0 Å². The Morgan fingerprint density at radius 1 is 1.45 bits per heavy atom. The summed E-state index contributed by atoms with van der Waals surface area (Å²) in [7, 11) is 2.15. The van der Waals surface area contributed by atoms with E-state index in [1.54, 1.807) is 0 Å². The first-order valence-electron chi connectivity index (χ1n) is 4.41. The van der Waals surface area contributed by atoms with Gasteiger partial charge in [0.1, 0.15) is 0 Å². The first-order valence-corrected chi connectivity index (χ1v) is 4.41. The van der Waals surface area contributed by atoms with Crippen molar-refractivity contribution >= 4 is 0 Å². The maximum atomic E-state index is 8.85. The molecule has 2 saturated heterocycles. The number of rotatable bonds is 0. The molecule has 2 aliphatic heterocycles. The molecule has 3 aliphatic rings. The molecule has 3 atom stereocenters. The van der Waals surface area contributed by atoms with Gasteiger partial charge in [0.15, 0.2) is 0 Å². The van der Waals surface area contributed by atoms with Gasteiger partial charge >= 0.3 is 0 Å². The largest absolute Gasteiger partial charge is 0.302 e. The van der Waals surface area contributed by atoms with Gasteiger partial charge in [-0.2, -0.15) is 5.26 Å². The molecule has 2 heteroatoms. The lowest BCUT2D eigenvalue weighted by Gasteiger charge is -2.46. The normalized spacial score (nSPS) is 43.8. The quantitative estimate of drug-likeness (QED) is 0.519. The molecule has 0 radical (unpaired) electrons. The van der Waals surface area contributed by atoms with Gasteiger partial charge < -0.3 is 4.90 Å². The Morgan fingerprint density at radius 3 is 2.73 bits per heavy atom. The Balaban J connectivity index is 2.14. The predicted molar refractivity (Wildman–Crippen MR) is 42.9 cm³/mol. The molecular formula is C9H14N2. The van der Waals surface area contributed by atoms with Crippen LogP contribution in [0.2, 0.25) is 0 Å². The Morgan fingerprint density at radius 2 is 2.27 bits per heavy atom. The van der Waals surface area contributed by atoms with Gasteiger partial charge in [0.05, 0.1) is 12.0 Å². The van der Waals surface area contributed by atoms with Crippen molar-refractivity contribution in [2.75, 3.05) is 13.6 Å². The summed E-state index contributed by atoms with van der Waals surface area (Å²) in [4.78, 5) is 2.37. The van der Waals surface area contributed by atoms with E-state index >= 15 is 0 Å². The van der Waals surface area contributed by atoms with Crippen molar-refractivity contribution < 1.29 is 0 Å². The van der Waals surface area contributed by atoms with Crippen molar-refractivity contribution in [1.82, 2.24) is 4.90 Å². The zero-order valence-corrected chi connectivity index (χ0v) is 6.95. The zero-order chi connectivity index (χ0) is 7.84. The van der Waals surface area contributed by atoms with Gasteiger partial charge in [-0.1, -0.05) is 0 Å². The fourth-order valence-corrected chi connectivity index (χ4v) is 2.62. The Kier molecular flexibility index (Phi) is 1.61. The minimum absolute atomic E-state index is 0.326. The van der Waals surface area contributed by atoms with E-state index in [1.807, 2.05) is 0 Å². The van der Waals surface area contributed by atoms with Crippen LogP contribution >= 0.6 is 0 Å². The van der Waals surface area contributed by atoms with E-state index in [2.05, 4.69) is 18.0 Å². The molecule has 60 valence electrons. The summed E-state index contributed by atoms with van der Waals surface area (Å²) in [6, 6.07) is 3.00. The monoisotopic (exact) mass is 150 g/mol. The number of hydrogen-bond acceptors (Lipinski definition) is 2. The third-order valence-corrected chi connectivity index (χ3v) is 3.20. The van der Waals surface area contributed by atoms with E-state index in [0.29, 0.717) is 12.0 Å². The van der Waals surface area contributed by atoms with Crippen LogP contribution in [0.4, 0.5) is 0 Å². The van der Waals surface area contributed by atoms with Crippen LogP contribution in [0.15, 0.2) is 0 Å². The molecule has 2 bridgehead atoms. The summed E-state index contributed by atoms with van der Waals surface area (Å²) >= 11 is 0. The number of piperidine rings is 2. The highest BCUT2D eigenvalue weighted by molar-refractivity contribution is 5.01. The molecule has 0 aromatic carbocycles. The van der Waals surface area contributed by atoms with Crippen LogP contribution in [0, 0.1) is 23.2 Å². The zero-order valence-electron chi connectivity index (χ0n) is 6.95.